The topological polar surface area (TPSA) is 38.8 Å². The molecule has 0 saturated carbocycles. The fourth-order valence-corrected chi connectivity index (χ4v) is 4.37. The molecule has 0 radical (unpaired) electrons. The molecule has 4 nitrogen and oxygen atoms in total. The first-order valence-corrected chi connectivity index (χ1v) is 10.3. The van der Waals surface area contributed by atoms with Crippen molar-refractivity contribution in [1.82, 2.24) is 4.90 Å². The molecule has 2 aliphatic heterocycles. The molecule has 0 amide bonds. The highest BCUT2D eigenvalue weighted by atomic mass is 16.5. The van der Waals surface area contributed by atoms with Crippen LogP contribution in [0, 0.1) is 0 Å². The third-order valence-corrected chi connectivity index (χ3v) is 5.98. The molecule has 2 aliphatic rings. The third kappa shape index (κ3) is 4.66. The summed E-state index contributed by atoms with van der Waals surface area (Å²) in [6.45, 7) is 6.34. The monoisotopic (exact) mass is 359 g/mol. The fraction of sp³-hybridized carbons (Fsp3) is 0.682. The van der Waals surface area contributed by atoms with Crippen molar-refractivity contribution in [3.05, 3.63) is 35.9 Å². The van der Waals surface area contributed by atoms with Crippen LogP contribution in [0.2, 0.25) is 0 Å². The van der Waals surface area contributed by atoms with Gasteiger partial charge in [-0.1, -0.05) is 30.3 Å². The van der Waals surface area contributed by atoms with Gasteiger partial charge in [0.15, 0.2) is 0 Å². The summed E-state index contributed by atoms with van der Waals surface area (Å²) in [6.07, 6.45) is 8.33. The Morgan fingerprint density at radius 3 is 2.65 bits per heavy atom. The van der Waals surface area contributed by atoms with E-state index in [0.717, 1.165) is 44.6 Å². The van der Waals surface area contributed by atoms with E-state index in [1.165, 1.54) is 32.1 Å². The number of carbonyl (C=O) groups is 1. The van der Waals surface area contributed by atoms with Gasteiger partial charge in [0.2, 0.25) is 0 Å². The summed E-state index contributed by atoms with van der Waals surface area (Å²) in [6, 6.07) is 10.2. The molecular formula is C22H33NO3. The standard InChI is InChI=1S/C22H33NO3/c1-2-25-21(24)22(19-9-4-3-5-10-19)13-16-23(17-14-22)15-7-6-11-20-12-8-18-26-20/h3-5,9-10,20H,2,6-8,11-18H2,1H3. The summed E-state index contributed by atoms with van der Waals surface area (Å²) in [5, 5.41) is 0. The van der Waals surface area contributed by atoms with Crippen LogP contribution in [0.15, 0.2) is 30.3 Å². The predicted octanol–water partition coefficient (Wildman–Crippen LogP) is 3.93. The van der Waals surface area contributed by atoms with Crippen molar-refractivity contribution in [2.75, 3.05) is 32.8 Å². The molecule has 2 fully saturated rings. The lowest BCUT2D eigenvalue weighted by Gasteiger charge is -2.40. The molecule has 0 aromatic heterocycles. The second kappa shape index (κ2) is 9.52. The lowest BCUT2D eigenvalue weighted by atomic mass is 9.72. The van der Waals surface area contributed by atoms with Gasteiger partial charge >= 0.3 is 5.97 Å². The van der Waals surface area contributed by atoms with Gasteiger partial charge in [-0.3, -0.25) is 4.79 Å². The van der Waals surface area contributed by atoms with E-state index in [4.69, 9.17) is 9.47 Å². The van der Waals surface area contributed by atoms with E-state index < -0.39 is 5.41 Å². The molecule has 0 spiro atoms. The third-order valence-electron chi connectivity index (χ3n) is 5.98. The molecule has 26 heavy (non-hydrogen) atoms. The van der Waals surface area contributed by atoms with E-state index in [2.05, 4.69) is 17.0 Å². The number of likely N-dealkylation sites (tertiary alicyclic amines) is 1. The minimum atomic E-state index is -0.467. The number of carbonyl (C=O) groups excluding carboxylic acids is 1. The highest BCUT2D eigenvalue weighted by Gasteiger charge is 2.43. The van der Waals surface area contributed by atoms with E-state index >= 15 is 0 Å². The number of piperidine rings is 1. The molecule has 4 heteroatoms. The van der Waals surface area contributed by atoms with Crippen LogP contribution in [0.1, 0.15) is 57.4 Å². The second-order valence-corrected chi connectivity index (χ2v) is 7.64. The van der Waals surface area contributed by atoms with Crippen molar-refractivity contribution in [2.24, 2.45) is 0 Å². The van der Waals surface area contributed by atoms with Crippen molar-refractivity contribution < 1.29 is 14.3 Å². The maximum Gasteiger partial charge on any atom is 0.316 e. The van der Waals surface area contributed by atoms with Crippen LogP contribution in [0.4, 0.5) is 0 Å². The van der Waals surface area contributed by atoms with Crippen molar-refractivity contribution in [3.63, 3.8) is 0 Å². The van der Waals surface area contributed by atoms with Crippen LogP contribution in [0.5, 0.6) is 0 Å². The summed E-state index contributed by atoms with van der Waals surface area (Å²) in [4.78, 5) is 15.3. The summed E-state index contributed by atoms with van der Waals surface area (Å²) >= 11 is 0. The summed E-state index contributed by atoms with van der Waals surface area (Å²) in [7, 11) is 0. The maximum atomic E-state index is 12.8. The Morgan fingerprint density at radius 2 is 2.00 bits per heavy atom. The number of hydrogen-bond donors (Lipinski definition) is 0. The highest BCUT2D eigenvalue weighted by Crippen LogP contribution is 2.37. The van der Waals surface area contributed by atoms with Crippen LogP contribution >= 0.6 is 0 Å². The number of hydrogen-bond acceptors (Lipinski definition) is 4. The van der Waals surface area contributed by atoms with Gasteiger partial charge in [-0.15, -0.1) is 0 Å². The number of esters is 1. The SMILES string of the molecule is CCOC(=O)C1(c2ccccc2)CCN(CCCCC2CCCO2)CC1. The second-order valence-electron chi connectivity index (χ2n) is 7.64. The number of nitrogens with zero attached hydrogens (tertiary/aromatic N) is 1. The van der Waals surface area contributed by atoms with Crippen molar-refractivity contribution in [1.29, 1.82) is 0 Å². The van der Waals surface area contributed by atoms with Crippen molar-refractivity contribution in [2.45, 2.75) is 63.4 Å². The van der Waals surface area contributed by atoms with E-state index in [-0.39, 0.29) is 5.97 Å². The van der Waals surface area contributed by atoms with Gasteiger partial charge < -0.3 is 14.4 Å². The Kier molecular flexibility index (Phi) is 7.09. The number of ether oxygens (including phenoxy) is 2. The zero-order chi connectivity index (χ0) is 18.2. The normalized spacial score (nSPS) is 23.0. The van der Waals surface area contributed by atoms with Crippen LogP contribution in [0.25, 0.3) is 0 Å². The van der Waals surface area contributed by atoms with Crippen molar-refractivity contribution in [3.8, 4) is 0 Å². The molecule has 2 heterocycles. The molecule has 1 aromatic rings. The molecule has 3 rings (SSSR count). The molecule has 0 bridgehead atoms. The minimum Gasteiger partial charge on any atom is -0.465 e. The fourth-order valence-electron chi connectivity index (χ4n) is 4.37. The van der Waals surface area contributed by atoms with E-state index in [1.54, 1.807) is 0 Å². The zero-order valence-electron chi connectivity index (χ0n) is 16.1. The van der Waals surface area contributed by atoms with Crippen LogP contribution in [0.3, 0.4) is 0 Å². The molecule has 0 aliphatic carbocycles. The largest absolute Gasteiger partial charge is 0.465 e. The lowest BCUT2D eigenvalue weighted by Crippen LogP contribution is -2.48. The molecule has 1 unspecified atom stereocenters. The first kappa shape index (κ1) is 19.4. The average molecular weight is 360 g/mol. The predicted molar refractivity (Wildman–Crippen MR) is 103 cm³/mol. The molecule has 1 atom stereocenters. The molecular weight excluding hydrogens is 326 g/mol. The van der Waals surface area contributed by atoms with Gasteiger partial charge in [0, 0.05) is 6.61 Å². The van der Waals surface area contributed by atoms with E-state index in [9.17, 15) is 4.79 Å². The van der Waals surface area contributed by atoms with Crippen molar-refractivity contribution >= 4 is 5.97 Å². The Morgan fingerprint density at radius 1 is 1.23 bits per heavy atom. The minimum absolute atomic E-state index is 0.0516. The maximum absolute atomic E-state index is 12.8. The number of rotatable bonds is 8. The highest BCUT2D eigenvalue weighted by molar-refractivity contribution is 5.83. The van der Waals surface area contributed by atoms with E-state index in [0.29, 0.717) is 12.7 Å². The number of unbranched alkanes of at least 4 members (excludes halogenated alkanes) is 1. The molecule has 1 aromatic carbocycles. The Hall–Kier alpha value is -1.39. The van der Waals surface area contributed by atoms with Gasteiger partial charge in [-0.05, 0) is 77.1 Å². The summed E-state index contributed by atoms with van der Waals surface area (Å²) in [5.41, 5.74) is 0.641. The Labute approximate surface area is 157 Å². The van der Waals surface area contributed by atoms with Gasteiger partial charge in [0.1, 0.15) is 0 Å². The zero-order valence-corrected chi connectivity index (χ0v) is 16.1. The molecule has 0 N–H and O–H groups in total. The molecule has 2 saturated heterocycles. The Bertz CT molecular complexity index is 546. The van der Waals surface area contributed by atoms with E-state index in [1.807, 2.05) is 25.1 Å². The van der Waals surface area contributed by atoms with Crippen LogP contribution in [-0.4, -0.2) is 49.8 Å². The van der Waals surface area contributed by atoms with Gasteiger partial charge in [-0.2, -0.15) is 0 Å². The van der Waals surface area contributed by atoms with Gasteiger partial charge in [0.05, 0.1) is 18.1 Å². The quantitative estimate of drug-likeness (QED) is 0.521. The average Bonchev–Trinajstić information content (AvgIpc) is 3.20. The number of benzene rings is 1. The van der Waals surface area contributed by atoms with Gasteiger partial charge in [-0.25, -0.2) is 0 Å². The first-order chi connectivity index (χ1) is 12.7. The molecule has 144 valence electrons. The smallest absolute Gasteiger partial charge is 0.316 e. The van der Waals surface area contributed by atoms with Crippen LogP contribution < -0.4 is 0 Å². The lowest BCUT2D eigenvalue weighted by molar-refractivity contribution is -0.152. The Balaban J connectivity index is 1.50. The van der Waals surface area contributed by atoms with Gasteiger partial charge in [0.25, 0.3) is 0 Å². The summed E-state index contributed by atoms with van der Waals surface area (Å²) < 4.78 is 11.2. The van der Waals surface area contributed by atoms with Crippen LogP contribution in [-0.2, 0) is 19.7 Å². The summed E-state index contributed by atoms with van der Waals surface area (Å²) in [5.74, 6) is -0.0516. The first-order valence-electron chi connectivity index (χ1n) is 10.3.